The summed E-state index contributed by atoms with van der Waals surface area (Å²) in [5.41, 5.74) is 4.44. The lowest BCUT2D eigenvalue weighted by atomic mass is 9.76. The third kappa shape index (κ3) is 10.4. The molecule has 1 saturated carbocycles. The van der Waals surface area contributed by atoms with Gasteiger partial charge in [0.15, 0.2) is 0 Å². The zero-order valence-corrected chi connectivity index (χ0v) is 25.9. The maximum absolute atomic E-state index is 13.7. The van der Waals surface area contributed by atoms with Crippen LogP contribution in [0.2, 0.25) is 0 Å². The van der Waals surface area contributed by atoms with Crippen LogP contribution in [0, 0.1) is 11.8 Å². The Morgan fingerprint density at radius 1 is 0.867 bits per heavy atom. The molecule has 1 saturated heterocycles. The van der Waals surface area contributed by atoms with Gasteiger partial charge in [-0.2, -0.15) is 0 Å². The van der Waals surface area contributed by atoms with Crippen LogP contribution in [-0.4, -0.2) is 116 Å². The number of carbonyl (C=O) groups is 7. The monoisotopic (exact) mass is 640 g/mol. The Labute approximate surface area is 261 Å². The molecule has 0 aromatic carbocycles. The molecule has 1 aliphatic carbocycles. The fraction of sp³-hybridized carbons (Fsp3) is 0.741. The molecule has 2 aliphatic rings. The van der Waals surface area contributed by atoms with Crippen molar-refractivity contribution in [2.75, 3.05) is 6.54 Å². The van der Waals surface area contributed by atoms with Crippen LogP contribution in [-0.2, 0) is 33.6 Å². The number of nitrogens with one attached hydrogen (secondary N) is 4. The fourth-order valence-electron chi connectivity index (χ4n) is 5.03. The molecule has 1 heterocycles. The Morgan fingerprint density at radius 2 is 1.44 bits per heavy atom. The minimum atomic E-state index is -1.74. The highest BCUT2D eigenvalue weighted by Crippen LogP contribution is 2.36. The van der Waals surface area contributed by atoms with Crippen molar-refractivity contribution < 1.29 is 53.8 Å². The summed E-state index contributed by atoms with van der Waals surface area (Å²) < 4.78 is 0. The zero-order chi connectivity index (χ0) is 34.2. The normalized spacial score (nSPS) is 19.6. The van der Waals surface area contributed by atoms with E-state index in [0.717, 1.165) is 0 Å². The SMILES string of the molecule is CC(C)[C@H](NC(=O)[C@H](CCC(=O)O)NC(=O)[C@@H](N)CC(=O)O)C(=O)N[C@H](C(=O)N1CCC[C@H]1C(=O)NC1(B(O)O)CC1)C(C)C. The molecule has 1 aliphatic heterocycles. The van der Waals surface area contributed by atoms with E-state index < -0.39 is 109 Å². The van der Waals surface area contributed by atoms with Gasteiger partial charge in [-0.15, -0.1) is 0 Å². The summed E-state index contributed by atoms with van der Waals surface area (Å²) in [4.78, 5) is 89.2. The van der Waals surface area contributed by atoms with Crippen molar-refractivity contribution >= 4 is 48.6 Å². The summed E-state index contributed by atoms with van der Waals surface area (Å²) in [6.07, 6.45) is 0.00153. The Bertz CT molecular complexity index is 1150. The summed E-state index contributed by atoms with van der Waals surface area (Å²) in [6.45, 7) is 6.86. The fourth-order valence-corrected chi connectivity index (χ4v) is 5.03. The van der Waals surface area contributed by atoms with Gasteiger partial charge in [0.05, 0.1) is 17.9 Å². The van der Waals surface area contributed by atoms with Crippen LogP contribution in [0.5, 0.6) is 0 Å². The molecule has 17 nitrogen and oxygen atoms in total. The van der Waals surface area contributed by atoms with Crippen molar-refractivity contribution in [1.29, 1.82) is 0 Å². The Balaban J connectivity index is 2.17. The molecule has 0 aromatic rings. The molecule has 10 N–H and O–H groups in total. The Hall–Kier alpha value is -3.77. The van der Waals surface area contributed by atoms with Gasteiger partial charge < -0.3 is 52.2 Å². The molecule has 5 atom stereocenters. The van der Waals surface area contributed by atoms with E-state index in [9.17, 15) is 43.6 Å². The second-order valence-electron chi connectivity index (χ2n) is 12.4. The number of hydrogen-bond donors (Lipinski definition) is 9. The lowest BCUT2D eigenvalue weighted by molar-refractivity contribution is -0.143. The van der Waals surface area contributed by atoms with Crippen molar-refractivity contribution in [2.24, 2.45) is 17.6 Å². The van der Waals surface area contributed by atoms with E-state index in [-0.39, 0.29) is 13.0 Å². The number of carbonyl (C=O) groups excluding carboxylic acids is 5. The third-order valence-corrected chi connectivity index (χ3v) is 7.98. The molecule has 0 spiro atoms. The predicted molar refractivity (Wildman–Crippen MR) is 158 cm³/mol. The number of rotatable bonds is 17. The second kappa shape index (κ2) is 16.0. The molecule has 252 valence electrons. The van der Waals surface area contributed by atoms with Crippen LogP contribution in [0.15, 0.2) is 0 Å². The van der Waals surface area contributed by atoms with Gasteiger partial charge in [0, 0.05) is 13.0 Å². The average molecular weight is 641 g/mol. The highest BCUT2D eigenvalue weighted by Gasteiger charge is 2.55. The maximum Gasteiger partial charge on any atom is 0.478 e. The van der Waals surface area contributed by atoms with Crippen LogP contribution < -0.4 is 27.0 Å². The minimum Gasteiger partial charge on any atom is -0.481 e. The summed E-state index contributed by atoms with van der Waals surface area (Å²) in [5.74, 6) is -7.29. The van der Waals surface area contributed by atoms with E-state index in [1.807, 2.05) is 0 Å². The summed E-state index contributed by atoms with van der Waals surface area (Å²) in [6, 6.07) is -6.18. The summed E-state index contributed by atoms with van der Waals surface area (Å²) in [7, 11) is -1.74. The minimum absolute atomic E-state index is 0.240. The van der Waals surface area contributed by atoms with Gasteiger partial charge >= 0.3 is 19.1 Å². The smallest absolute Gasteiger partial charge is 0.478 e. The second-order valence-corrected chi connectivity index (χ2v) is 12.4. The number of carboxylic acid groups (broad SMARTS) is 2. The van der Waals surface area contributed by atoms with Crippen molar-refractivity contribution in [3.63, 3.8) is 0 Å². The van der Waals surface area contributed by atoms with Crippen molar-refractivity contribution in [3.05, 3.63) is 0 Å². The van der Waals surface area contributed by atoms with E-state index >= 15 is 0 Å². The summed E-state index contributed by atoms with van der Waals surface area (Å²) >= 11 is 0. The van der Waals surface area contributed by atoms with Crippen LogP contribution in [0.3, 0.4) is 0 Å². The topological polar surface area (TPSA) is 278 Å². The van der Waals surface area contributed by atoms with Gasteiger partial charge in [0.1, 0.15) is 24.2 Å². The van der Waals surface area contributed by atoms with Crippen molar-refractivity contribution in [2.45, 2.75) is 108 Å². The highest BCUT2D eigenvalue weighted by atomic mass is 16.4. The molecule has 0 unspecified atom stereocenters. The molecule has 5 amide bonds. The largest absolute Gasteiger partial charge is 0.481 e. The van der Waals surface area contributed by atoms with E-state index in [1.54, 1.807) is 27.7 Å². The van der Waals surface area contributed by atoms with Gasteiger partial charge in [-0.25, -0.2) is 0 Å². The molecule has 2 fully saturated rings. The van der Waals surface area contributed by atoms with E-state index in [4.69, 9.17) is 15.9 Å². The van der Waals surface area contributed by atoms with Crippen LogP contribution in [0.4, 0.5) is 0 Å². The Kier molecular flexibility index (Phi) is 13.3. The standard InChI is InChI=1S/C27H45BN6O11/c1-13(2)20(31-23(40)16(7-8-18(35)36)30-22(39)15(29)12-19(37)38)25(42)32-21(14(3)4)26(43)34-11-5-6-17(34)24(41)33-27(9-10-27)28(44)45/h13-17,20-21,44-45H,5-12,29H2,1-4H3,(H,30,39)(H,31,40)(H,32,42)(H,33,41)(H,35,36)(H,37,38)/t15-,16-,17-,20-,21-/m0/s1. The first-order valence-electron chi connectivity index (χ1n) is 15.0. The van der Waals surface area contributed by atoms with Gasteiger partial charge in [0.2, 0.25) is 29.5 Å². The quantitative estimate of drug-likeness (QED) is 0.0723. The summed E-state index contributed by atoms with van der Waals surface area (Å²) in [5, 5.41) is 47.3. The zero-order valence-electron chi connectivity index (χ0n) is 25.9. The maximum atomic E-state index is 13.7. The third-order valence-electron chi connectivity index (χ3n) is 7.98. The van der Waals surface area contributed by atoms with Crippen LogP contribution in [0.25, 0.3) is 0 Å². The lowest BCUT2D eigenvalue weighted by Gasteiger charge is -2.33. The van der Waals surface area contributed by atoms with Gasteiger partial charge in [-0.3, -0.25) is 33.6 Å². The predicted octanol–water partition coefficient (Wildman–Crippen LogP) is -2.93. The number of aliphatic carboxylic acids is 2. The van der Waals surface area contributed by atoms with Crippen LogP contribution in [0.1, 0.15) is 72.6 Å². The van der Waals surface area contributed by atoms with E-state index in [0.29, 0.717) is 25.7 Å². The van der Waals surface area contributed by atoms with Gasteiger partial charge in [0.25, 0.3) is 0 Å². The lowest BCUT2D eigenvalue weighted by Crippen LogP contribution is -2.61. The molecular weight excluding hydrogens is 595 g/mol. The van der Waals surface area contributed by atoms with E-state index in [1.165, 1.54) is 4.90 Å². The number of nitrogens with two attached hydrogens (primary N) is 1. The number of hydrogen-bond acceptors (Lipinski definition) is 10. The van der Waals surface area contributed by atoms with Gasteiger partial charge in [-0.05, 0) is 43.9 Å². The first-order chi connectivity index (χ1) is 20.9. The number of carboxylic acids is 2. The molecule has 0 radical (unpaired) electrons. The van der Waals surface area contributed by atoms with Crippen LogP contribution >= 0.6 is 0 Å². The average Bonchev–Trinajstić information content (AvgIpc) is 3.55. The van der Waals surface area contributed by atoms with E-state index in [2.05, 4.69) is 21.3 Å². The number of nitrogens with zero attached hydrogens (tertiary/aromatic N) is 1. The van der Waals surface area contributed by atoms with Gasteiger partial charge in [-0.1, -0.05) is 27.7 Å². The first kappa shape index (κ1) is 37.4. The molecule has 18 heteroatoms. The highest BCUT2D eigenvalue weighted by molar-refractivity contribution is 6.47. The Morgan fingerprint density at radius 3 is 1.93 bits per heavy atom. The molecule has 0 aromatic heterocycles. The first-order valence-corrected chi connectivity index (χ1v) is 15.0. The molecular formula is C27H45BN6O11. The number of amides is 5. The van der Waals surface area contributed by atoms with Crippen molar-refractivity contribution in [3.8, 4) is 0 Å². The molecule has 45 heavy (non-hydrogen) atoms. The molecule has 0 bridgehead atoms. The molecule has 2 rings (SSSR count). The number of likely N-dealkylation sites (tertiary alicyclic amines) is 1. The van der Waals surface area contributed by atoms with Crippen molar-refractivity contribution in [1.82, 2.24) is 26.2 Å².